The van der Waals surface area contributed by atoms with Gasteiger partial charge in [0.1, 0.15) is 0 Å². The van der Waals surface area contributed by atoms with Crippen LogP contribution < -0.4 is 0 Å². The van der Waals surface area contributed by atoms with Crippen molar-refractivity contribution in [3.8, 4) is 0 Å². The molecule has 0 bridgehead atoms. The molecule has 1 aromatic rings. The predicted molar refractivity (Wildman–Crippen MR) is 77.9 cm³/mol. The smallest absolute Gasteiger partial charge is 0.0855 e. The van der Waals surface area contributed by atoms with E-state index in [-0.39, 0.29) is 0 Å². The molecule has 0 saturated heterocycles. The van der Waals surface area contributed by atoms with Crippen molar-refractivity contribution in [2.45, 2.75) is 20.3 Å². The highest BCUT2D eigenvalue weighted by molar-refractivity contribution is 5.61. The number of aromatic nitrogens is 2. The molecular formula is C16H18N2. The quantitative estimate of drug-likeness (QED) is 0.718. The van der Waals surface area contributed by atoms with Gasteiger partial charge in [0, 0.05) is 6.20 Å². The molecule has 0 amide bonds. The van der Waals surface area contributed by atoms with Crippen molar-refractivity contribution < 1.29 is 0 Å². The van der Waals surface area contributed by atoms with Crippen molar-refractivity contribution in [1.29, 1.82) is 0 Å². The molecule has 2 rings (SSSR count). The first kappa shape index (κ1) is 12.4. The first-order valence-electron chi connectivity index (χ1n) is 6.12. The average Bonchev–Trinajstić information content (AvgIpc) is 3.05. The van der Waals surface area contributed by atoms with Crippen LogP contribution in [0.3, 0.4) is 0 Å². The van der Waals surface area contributed by atoms with Gasteiger partial charge in [0.2, 0.25) is 0 Å². The maximum Gasteiger partial charge on any atom is 0.0855 e. The van der Waals surface area contributed by atoms with Gasteiger partial charge in [-0.05, 0) is 43.6 Å². The van der Waals surface area contributed by atoms with Gasteiger partial charge in [-0.3, -0.25) is 0 Å². The molecule has 1 heterocycles. The van der Waals surface area contributed by atoms with E-state index < -0.39 is 0 Å². The van der Waals surface area contributed by atoms with Crippen LogP contribution in [0.2, 0.25) is 0 Å². The first-order chi connectivity index (χ1) is 8.70. The van der Waals surface area contributed by atoms with Crippen molar-refractivity contribution in [2.24, 2.45) is 0 Å². The zero-order valence-electron chi connectivity index (χ0n) is 10.9. The van der Waals surface area contributed by atoms with E-state index in [9.17, 15) is 0 Å². The lowest BCUT2D eigenvalue weighted by molar-refractivity contribution is 0.896. The Labute approximate surface area is 108 Å². The molecule has 0 spiro atoms. The van der Waals surface area contributed by atoms with E-state index in [1.165, 1.54) is 5.57 Å². The third-order valence-electron chi connectivity index (χ3n) is 3.04. The van der Waals surface area contributed by atoms with Gasteiger partial charge >= 0.3 is 0 Å². The maximum atomic E-state index is 4.48. The molecule has 0 saturated carbocycles. The van der Waals surface area contributed by atoms with Gasteiger partial charge < -0.3 is 0 Å². The van der Waals surface area contributed by atoms with Crippen LogP contribution in [0, 0.1) is 0 Å². The molecule has 92 valence electrons. The Hall–Kier alpha value is -2.09. The van der Waals surface area contributed by atoms with Gasteiger partial charge in [-0.25, -0.2) is 4.68 Å². The Balaban J connectivity index is 2.09. The van der Waals surface area contributed by atoms with Crippen molar-refractivity contribution >= 4 is 11.8 Å². The molecule has 1 aliphatic carbocycles. The van der Waals surface area contributed by atoms with Gasteiger partial charge in [0.25, 0.3) is 0 Å². The molecule has 1 aromatic heterocycles. The Morgan fingerprint density at radius 3 is 2.94 bits per heavy atom. The Morgan fingerprint density at radius 1 is 1.44 bits per heavy atom. The van der Waals surface area contributed by atoms with Crippen LogP contribution in [0.15, 0.2) is 60.4 Å². The summed E-state index contributed by atoms with van der Waals surface area (Å²) in [5.74, 6) is 0. The fourth-order valence-corrected chi connectivity index (χ4v) is 1.70. The number of allylic oxidation sites excluding steroid dienone is 8. The van der Waals surface area contributed by atoms with Crippen LogP contribution >= 0.6 is 0 Å². The lowest BCUT2D eigenvalue weighted by Gasteiger charge is -2.04. The van der Waals surface area contributed by atoms with Crippen LogP contribution in [0.25, 0.3) is 11.8 Å². The average molecular weight is 238 g/mol. The fourth-order valence-electron chi connectivity index (χ4n) is 1.70. The normalized spacial score (nSPS) is 15.4. The molecule has 0 N–H and O–H groups in total. The van der Waals surface area contributed by atoms with E-state index in [0.717, 1.165) is 23.4 Å². The molecule has 0 radical (unpaired) electrons. The van der Waals surface area contributed by atoms with E-state index in [2.05, 4.69) is 36.0 Å². The number of hydrogen-bond acceptors (Lipinski definition) is 1. The van der Waals surface area contributed by atoms with Gasteiger partial charge in [-0.1, -0.05) is 37.0 Å². The van der Waals surface area contributed by atoms with Crippen molar-refractivity contribution in [3.63, 3.8) is 0 Å². The van der Waals surface area contributed by atoms with Crippen molar-refractivity contribution in [1.82, 2.24) is 9.78 Å². The Bertz CT molecular complexity index is 566. The third kappa shape index (κ3) is 2.77. The van der Waals surface area contributed by atoms with Crippen LogP contribution in [0.5, 0.6) is 0 Å². The van der Waals surface area contributed by atoms with Crippen LogP contribution in [-0.2, 0) is 0 Å². The van der Waals surface area contributed by atoms with Gasteiger partial charge in [0.15, 0.2) is 0 Å². The molecule has 1 aliphatic rings. The fraction of sp³-hybridized carbons (Fsp3) is 0.188. The van der Waals surface area contributed by atoms with Gasteiger partial charge in [-0.15, -0.1) is 0 Å². The van der Waals surface area contributed by atoms with Crippen molar-refractivity contribution in [2.75, 3.05) is 0 Å². The standard InChI is InChI=1S/C16H18N2/c1-4-13(2)14(3)18-12-11-16(17-18)10-9-15-7-5-6-8-15/h4-7,9-12H,3,8H2,1-2H3/b10-9+,13-4+. The summed E-state index contributed by atoms with van der Waals surface area (Å²) in [6, 6.07) is 1.99. The van der Waals surface area contributed by atoms with Gasteiger partial charge in [0.05, 0.1) is 11.4 Å². The predicted octanol–water partition coefficient (Wildman–Crippen LogP) is 4.22. The summed E-state index contributed by atoms with van der Waals surface area (Å²) in [5.41, 5.74) is 4.32. The maximum absolute atomic E-state index is 4.48. The molecule has 0 aromatic carbocycles. The second-order valence-electron chi connectivity index (χ2n) is 4.31. The topological polar surface area (TPSA) is 17.8 Å². The Kier molecular flexibility index (Phi) is 3.78. The summed E-state index contributed by atoms with van der Waals surface area (Å²) < 4.78 is 1.82. The molecule has 18 heavy (non-hydrogen) atoms. The minimum atomic E-state index is 0.916. The van der Waals surface area contributed by atoms with E-state index in [1.807, 2.05) is 42.9 Å². The molecule has 0 atom stereocenters. The minimum absolute atomic E-state index is 0.916. The number of rotatable bonds is 4. The van der Waals surface area contributed by atoms with Gasteiger partial charge in [-0.2, -0.15) is 5.10 Å². The Morgan fingerprint density at radius 2 is 2.28 bits per heavy atom. The second kappa shape index (κ2) is 5.50. The molecule has 2 nitrogen and oxygen atoms in total. The SMILES string of the molecule is C=C(/C(C)=C/C)n1ccc(/C=C/C2=CC=CC2)n1. The highest BCUT2D eigenvalue weighted by Crippen LogP contribution is 2.15. The van der Waals surface area contributed by atoms with Crippen LogP contribution in [0.4, 0.5) is 0 Å². The number of nitrogens with zero attached hydrogens (tertiary/aromatic N) is 2. The van der Waals surface area contributed by atoms with E-state index >= 15 is 0 Å². The second-order valence-corrected chi connectivity index (χ2v) is 4.31. The zero-order valence-corrected chi connectivity index (χ0v) is 10.9. The lowest BCUT2D eigenvalue weighted by Crippen LogP contribution is -1.97. The highest BCUT2D eigenvalue weighted by atomic mass is 15.3. The summed E-state index contributed by atoms with van der Waals surface area (Å²) in [7, 11) is 0. The van der Waals surface area contributed by atoms with E-state index in [0.29, 0.717) is 0 Å². The molecule has 0 unspecified atom stereocenters. The summed E-state index contributed by atoms with van der Waals surface area (Å²) in [6.07, 6.45) is 15.5. The van der Waals surface area contributed by atoms with E-state index in [4.69, 9.17) is 0 Å². The minimum Gasteiger partial charge on any atom is -0.241 e. The first-order valence-corrected chi connectivity index (χ1v) is 6.12. The molecule has 0 fully saturated rings. The summed E-state index contributed by atoms with van der Waals surface area (Å²) >= 11 is 0. The summed E-state index contributed by atoms with van der Waals surface area (Å²) in [6.45, 7) is 8.07. The number of hydrogen-bond donors (Lipinski definition) is 0. The lowest BCUT2D eigenvalue weighted by atomic mass is 10.2. The van der Waals surface area contributed by atoms with Crippen LogP contribution in [0.1, 0.15) is 26.0 Å². The van der Waals surface area contributed by atoms with E-state index in [1.54, 1.807) is 0 Å². The van der Waals surface area contributed by atoms with Crippen molar-refractivity contribution in [3.05, 3.63) is 66.1 Å². The molecular weight excluding hydrogens is 220 g/mol. The molecule has 0 aliphatic heterocycles. The monoisotopic (exact) mass is 238 g/mol. The summed E-state index contributed by atoms with van der Waals surface area (Å²) in [5, 5.41) is 4.48. The largest absolute Gasteiger partial charge is 0.241 e. The molecule has 2 heteroatoms. The van der Waals surface area contributed by atoms with Crippen LogP contribution in [-0.4, -0.2) is 9.78 Å². The zero-order chi connectivity index (χ0) is 13.0. The highest BCUT2D eigenvalue weighted by Gasteiger charge is 2.01. The third-order valence-corrected chi connectivity index (χ3v) is 3.04. The summed E-state index contributed by atoms with van der Waals surface area (Å²) in [4.78, 5) is 0.